The normalized spacial score (nSPS) is 16.9. The molecule has 0 radical (unpaired) electrons. The number of imide groups is 2. The van der Waals surface area contributed by atoms with Crippen LogP contribution in [-0.4, -0.2) is 64.2 Å². The Morgan fingerprint density at radius 3 is 1.65 bits per heavy atom. The second kappa shape index (κ2) is 6.31. The van der Waals surface area contributed by atoms with Crippen LogP contribution in [0.1, 0.15) is 19.3 Å². The number of carbonyl (C=O) groups excluding carboxylic acids is 3. The highest BCUT2D eigenvalue weighted by molar-refractivity contribution is 6.14. The molecule has 2 N–H and O–H groups in total. The molecule has 0 saturated carbocycles. The summed E-state index contributed by atoms with van der Waals surface area (Å²) in [6.07, 6.45) is 0.252. The number of aliphatic hydroxyl groups excluding tert-OH is 2. The van der Waals surface area contributed by atoms with E-state index in [-0.39, 0.29) is 32.7 Å². The van der Waals surface area contributed by atoms with Gasteiger partial charge in [-0.25, -0.2) is 4.79 Å². The summed E-state index contributed by atoms with van der Waals surface area (Å²) >= 11 is 0. The van der Waals surface area contributed by atoms with Crippen molar-refractivity contribution in [3.63, 3.8) is 0 Å². The number of amides is 4. The number of carbonyl (C=O) groups is 3. The van der Waals surface area contributed by atoms with Crippen LogP contribution in [0.25, 0.3) is 0 Å². The minimum absolute atomic E-state index is 0.108. The van der Waals surface area contributed by atoms with Crippen molar-refractivity contribution < 1.29 is 24.6 Å². The van der Waals surface area contributed by atoms with Crippen LogP contribution in [0.3, 0.4) is 0 Å². The third kappa shape index (κ3) is 3.24. The van der Waals surface area contributed by atoms with Crippen molar-refractivity contribution in [3.8, 4) is 0 Å². The Morgan fingerprint density at radius 2 is 1.29 bits per heavy atom. The second-order valence-electron chi connectivity index (χ2n) is 3.70. The van der Waals surface area contributed by atoms with Gasteiger partial charge >= 0.3 is 6.03 Å². The van der Waals surface area contributed by atoms with Gasteiger partial charge in [-0.2, -0.15) is 0 Å². The fourth-order valence-electron chi connectivity index (χ4n) is 1.58. The van der Waals surface area contributed by atoms with Gasteiger partial charge in [0.2, 0.25) is 11.8 Å². The van der Waals surface area contributed by atoms with Gasteiger partial charge in [-0.15, -0.1) is 0 Å². The number of hydrogen-bond donors (Lipinski definition) is 2. The molecular weight excluding hydrogens is 228 g/mol. The van der Waals surface area contributed by atoms with Crippen LogP contribution in [0.2, 0.25) is 0 Å². The van der Waals surface area contributed by atoms with E-state index in [2.05, 4.69) is 0 Å². The first-order valence-corrected chi connectivity index (χ1v) is 5.48. The summed E-state index contributed by atoms with van der Waals surface area (Å²) in [5, 5.41) is 17.3. The molecule has 0 aliphatic carbocycles. The average Bonchev–Trinajstić information content (AvgIpc) is 2.28. The first-order chi connectivity index (χ1) is 8.11. The Kier molecular flexibility index (Phi) is 5.05. The summed E-state index contributed by atoms with van der Waals surface area (Å²) in [5.74, 6) is -1.07. The van der Waals surface area contributed by atoms with Gasteiger partial charge in [0.15, 0.2) is 0 Å². The van der Waals surface area contributed by atoms with E-state index in [1.807, 2.05) is 0 Å². The van der Waals surface area contributed by atoms with Gasteiger partial charge in [-0.05, 0) is 12.8 Å². The average molecular weight is 244 g/mol. The summed E-state index contributed by atoms with van der Waals surface area (Å²) in [7, 11) is 0. The van der Waals surface area contributed by atoms with E-state index in [0.717, 1.165) is 9.80 Å². The smallest absolute Gasteiger partial charge is 0.333 e. The summed E-state index contributed by atoms with van der Waals surface area (Å²) < 4.78 is 0. The molecule has 0 spiro atoms. The van der Waals surface area contributed by atoms with Crippen molar-refractivity contribution >= 4 is 17.8 Å². The third-order valence-electron chi connectivity index (χ3n) is 2.45. The van der Waals surface area contributed by atoms with Crippen molar-refractivity contribution in [1.82, 2.24) is 9.80 Å². The SMILES string of the molecule is O=C1CC(=O)N(CCCO)C(=O)N1CCCO. The maximum atomic E-state index is 11.8. The molecule has 1 heterocycles. The number of nitrogens with zero attached hydrogens (tertiary/aromatic N) is 2. The maximum Gasteiger partial charge on any atom is 0.333 e. The van der Waals surface area contributed by atoms with E-state index in [1.165, 1.54) is 0 Å². The molecule has 4 amide bonds. The van der Waals surface area contributed by atoms with Crippen molar-refractivity contribution in [2.75, 3.05) is 26.3 Å². The molecule has 0 aromatic heterocycles. The van der Waals surface area contributed by atoms with Gasteiger partial charge < -0.3 is 10.2 Å². The van der Waals surface area contributed by atoms with Crippen molar-refractivity contribution in [1.29, 1.82) is 0 Å². The van der Waals surface area contributed by atoms with Gasteiger partial charge in [-0.3, -0.25) is 19.4 Å². The molecule has 7 heteroatoms. The van der Waals surface area contributed by atoms with Gasteiger partial charge in [-0.1, -0.05) is 0 Å². The minimum Gasteiger partial charge on any atom is -0.396 e. The van der Waals surface area contributed by atoms with Crippen LogP contribution in [-0.2, 0) is 9.59 Å². The molecule has 0 atom stereocenters. The topological polar surface area (TPSA) is 98.2 Å². The zero-order valence-electron chi connectivity index (χ0n) is 9.46. The Hall–Kier alpha value is -1.47. The molecule has 7 nitrogen and oxygen atoms in total. The quantitative estimate of drug-likeness (QED) is 0.580. The van der Waals surface area contributed by atoms with Crippen molar-refractivity contribution in [2.45, 2.75) is 19.3 Å². The first kappa shape index (κ1) is 13.6. The van der Waals surface area contributed by atoms with Gasteiger partial charge in [0.1, 0.15) is 6.42 Å². The molecule has 17 heavy (non-hydrogen) atoms. The van der Waals surface area contributed by atoms with Gasteiger partial charge in [0.25, 0.3) is 0 Å². The van der Waals surface area contributed by atoms with E-state index in [1.54, 1.807) is 0 Å². The number of aliphatic hydroxyl groups is 2. The molecule has 1 rings (SSSR count). The van der Waals surface area contributed by atoms with Gasteiger partial charge in [0, 0.05) is 26.3 Å². The van der Waals surface area contributed by atoms with Crippen LogP contribution in [0.15, 0.2) is 0 Å². The Labute approximate surface area is 98.6 Å². The summed E-state index contributed by atoms with van der Waals surface area (Å²) in [5.41, 5.74) is 0. The lowest BCUT2D eigenvalue weighted by atomic mass is 10.2. The Bertz CT molecular complexity index is 290. The summed E-state index contributed by atoms with van der Waals surface area (Å²) in [6, 6.07) is -0.659. The monoisotopic (exact) mass is 244 g/mol. The van der Waals surface area contributed by atoms with Crippen LogP contribution < -0.4 is 0 Å². The summed E-state index contributed by atoms with van der Waals surface area (Å²) in [6.45, 7) is -0.0303. The molecule has 0 aromatic rings. The molecular formula is C10H16N2O5. The lowest BCUT2D eigenvalue weighted by Gasteiger charge is -2.32. The third-order valence-corrected chi connectivity index (χ3v) is 2.45. The summed E-state index contributed by atoms with van der Waals surface area (Å²) in [4.78, 5) is 36.7. The standard InChI is InChI=1S/C10H16N2O5/c13-5-1-3-11-8(15)7-9(16)12(10(11)17)4-2-6-14/h13-14H,1-7H2. The molecule has 0 aromatic carbocycles. The number of hydrogen-bond acceptors (Lipinski definition) is 5. The Morgan fingerprint density at radius 1 is 0.882 bits per heavy atom. The predicted octanol–water partition coefficient (Wildman–Crippen LogP) is -1.07. The number of rotatable bonds is 6. The van der Waals surface area contributed by atoms with Crippen LogP contribution in [0, 0.1) is 0 Å². The lowest BCUT2D eigenvalue weighted by molar-refractivity contribution is -0.142. The fourth-order valence-corrected chi connectivity index (χ4v) is 1.58. The molecule has 0 unspecified atom stereocenters. The van der Waals surface area contributed by atoms with Crippen LogP contribution >= 0.6 is 0 Å². The van der Waals surface area contributed by atoms with E-state index in [0.29, 0.717) is 12.8 Å². The van der Waals surface area contributed by atoms with E-state index < -0.39 is 17.8 Å². The highest BCUT2D eigenvalue weighted by Crippen LogP contribution is 2.13. The van der Waals surface area contributed by atoms with Crippen molar-refractivity contribution in [2.24, 2.45) is 0 Å². The fraction of sp³-hybridized carbons (Fsp3) is 0.700. The molecule has 1 aliphatic heterocycles. The maximum absolute atomic E-state index is 11.8. The van der Waals surface area contributed by atoms with E-state index in [4.69, 9.17) is 10.2 Å². The largest absolute Gasteiger partial charge is 0.396 e. The highest BCUT2D eigenvalue weighted by atomic mass is 16.3. The molecule has 1 aliphatic rings. The highest BCUT2D eigenvalue weighted by Gasteiger charge is 2.36. The van der Waals surface area contributed by atoms with Crippen LogP contribution in [0.5, 0.6) is 0 Å². The number of barbiturate groups is 1. The van der Waals surface area contributed by atoms with Gasteiger partial charge in [0.05, 0.1) is 0 Å². The van der Waals surface area contributed by atoms with Crippen molar-refractivity contribution in [3.05, 3.63) is 0 Å². The van der Waals surface area contributed by atoms with E-state index in [9.17, 15) is 14.4 Å². The first-order valence-electron chi connectivity index (χ1n) is 5.48. The van der Waals surface area contributed by atoms with E-state index >= 15 is 0 Å². The Balaban J connectivity index is 2.69. The second-order valence-corrected chi connectivity index (χ2v) is 3.70. The number of urea groups is 1. The zero-order chi connectivity index (χ0) is 12.8. The van der Waals surface area contributed by atoms with Crippen LogP contribution in [0.4, 0.5) is 4.79 Å². The zero-order valence-corrected chi connectivity index (χ0v) is 9.46. The molecule has 0 bridgehead atoms. The molecule has 1 fully saturated rings. The minimum atomic E-state index is -0.659. The predicted molar refractivity (Wildman–Crippen MR) is 56.8 cm³/mol. The molecule has 1 saturated heterocycles. The lowest BCUT2D eigenvalue weighted by Crippen LogP contribution is -2.55. The molecule has 96 valence electrons.